The molecule has 1 fully saturated rings. The highest BCUT2D eigenvalue weighted by Gasteiger charge is 2.24. The Labute approximate surface area is 137 Å². The average molecular weight is 314 g/mol. The summed E-state index contributed by atoms with van der Waals surface area (Å²) in [4.78, 5) is 0. The van der Waals surface area contributed by atoms with E-state index >= 15 is 0 Å². The van der Waals surface area contributed by atoms with Gasteiger partial charge in [-0.15, -0.1) is 0 Å². The van der Waals surface area contributed by atoms with Gasteiger partial charge in [0.25, 0.3) is 0 Å². The fourth-order valence-corrected chi connectivity index (χ4v) is 4.12. The smallest absolute Gasteiger partial charge is 0.0872 e. The molecule has 0 amide bonds. The highest BCUT2D eigenvalue weighted by molar-refractivity contribution is 5.22. The van der Waals surface area contributed by atoms with Gasteiger partial charge in [0.1, 0.15) is 0 Å². The normalized spacial score (nSPS) is 22.2. The predicted molar refractivity (Wildman–Crippen MR) is 88.1 cm³/mol. The Morgan fingerprint density at radius 1 is 1.17 bits per heavy atom. The van der Waals surface area contributed by atoms with Crippen LogP contribution < -0.4 is 5.32 Å². The molecule has 2 aromatic rings. The van der Waals surface area contributed by atoms with Gasteiger partial charge in [-0.2, -0.15) is 20.5 Å². The molecule has 0 bridgehead atoms. The minimum Gasteiger partial charge on any atom is -0.309 e. The van der Waals surface area contributed by atoms with Crippen LogP contribution in [0.5, 0.6) is 0 Å². The van der Waals surface area contributed by atoms with Crippen molar-refractivity contribution in [2.45, 2.75) is 69.9 Å². The first-order valence-electron chi connectivity index (χ1n) is 8.94. The molecule has 1 unspecified atom stereocenters. The fourth-order valence-electron chi connectivity index (χ4n) is 4.12. The summed E-state index contributed by atoms with van der Waals surface area (Å²) < 4.78 is 1.98. The Morgan fingerprint density at radius 3 is 2.87 bits per heavy atom. The lowest BCUT2D eigenvalue weighted by Crippen LogP contribution is -2.34. The molecule has 2 aromatic heterocycles. The number of H-pyrrole nitrogens is 1. The van der Waals surface area contributed by atoms with Crippen molar-refractivity contribution in [1.29, 1.82) is 0 Å². The number of aromatic nitrogens is 5. The van der Waals surface area contributed by atoms with Crippen LogP contribution in [-0.4, -0.2) is 31.2 Å². The number of rotatable bonds is 4. The number of fused-ring (bicyclic) bond motifs is 1. The number of hydrogen-bond donors (Lipinski definition) is 2. The maximum absolute atomic E-state index is 4.78. The average Bonchev–Trinajstić information content (AvgIpc) is 3.19. The van der Waals surface area contributed by atoms with E-state index in [0.29, 0.717) is 12.0 Å². The van der Waals surface area contributed by atoms with E-state index in [1.807, 2.05) is 11.7 Å². The Kier molecular flexibility index (Phi) is 4.16. The molecule has 0 aliphatic heterocycles. The Morgan fingerprint density at radius 2 is 2.00 bits per heavy atom. The SMILES string of the molecule is Cn1cc(CNC2CCc3n[nH]nc3C2)c(C2CCCCC2)n1. The molecule has 4 rings (SSSR count). The zero-order valence-electron chi connectivity index (χ0n) is 13.9. The second-order valence-corrected chi connectivity index (χ2v) is 7.09. The van der Waals surface area contributed by atoms with Crippen LogP contribution in [0.1, 0.15) is 67.1 Å². The molecule has 1 saturated carbocycles. The van der Waals surface area contributed by atoms with Crippen LogP contribution in [0.15, 0.2) is 6.20 Å². The number of nitrogens with zero attached hydrogens (tertiary/aromatic N) is 4. The van der Waals surface area contributed by atoms with Gasteiger partial charge in [-0.25, -0.2) is 0 Å². The summed E-state index contributed by atoms with van der Waals surface area (Å²) in [6.45, 7) is 0.914. The summed E-state index contributed by atoms with van der Waals surface area (Å²) in [6.07, 6.45) is 12.0. The Balaban J connectivity index is 1.41. The Bertz CT molecular complexity index is 652. The summed E-state index contributed by atoms with van der Waals surface area (Å²) in [7, 11) is 2.04. The summed E-state index contributed by atoms with van der Waals surface area (Å²) in [5, 5.41) is 19.7. The van der Waals surface area contributed by atoms with Crippen molar-refractivity contribution in [2.75, 3.05) is 0 Å². The van der Waals surface area contributed by atoms with Crippen LogP contribution in [0.3, 0.4) is 0 Å². The van der Waals surface area contributed by atoms with E-state index in [-0.39, 0.29) is 0 Å². The molecule has 0 radical (unpaired) electrons. The number of aryl methyl sites for hydroxylation is 2. The van der Waals surface area contributed by atoms with Gasteiger partial charge in [-0.05, 0) is 25.7 Å². The third kappa shape index (κ3) is 3.17. The van der Waals surface area contributed by atoms with Crippen LogP contribution in [0, 0.1) is 0 Å². The lowest BCUT2D eigenvalue weighted by atomic mass is 9.85. The molecule has 2 heterocycles. The summed E-state index contributed by atoms with van der Waals surface area (Å²) in [5.74, 6) is 0.662. The highest BCUT2D eigenvalue weighted by atomic mass is 15.3. The third-order valence-electron chi connectivity index (χ3n) is 5.38. The quantitative estimate of drug-likeness (QED) is 0.908. The van der Waals surface area contributed by atoms with Gasteiger partial charge >= 0.3 is 0 Å². The fraction of sp³-hybridized carbons (Fsp3) is 0.706. The number of hydrogen-bond acceptors (Lipinski definition) is 4. The maximum Gasteiger partial charge on any atom is 0.0872 e. The first kappa shape index (κ1) is 14.9. The van der Waals surface area contributed by atoms with E-state index in [1.165, 1.54) is 43.4 Å². The predicted octanol–water partition coefficient (Wildman–Crippen LogP) is 2.23. The van der Waals surface area contributed by atoms with Gasteiger partial charge in [-0.1, -0.05) is 19.3 Å². The van der Waals surface area contributed by atoms with Crippen molar-refractivity contribution in [3.05, 3.63) is 28.8 Å². The van der Waals surface area contributed by atoms with Gasteiger partial charge in [0.05, 0.1) is 17.1 Å². The van der Waals surface area contributed by atoms with E-state index in [0.717, 1.165) is 37.2 Å². The number of nitrogens with one attached hydrogen (secondary N) is 2. The van der Waals surface area contributed by atoms with Gasteiger partial charge in [0.2, 0.25) is 0 Å². The van der Waals surface area contributed by atoms with Crippen molar-refractivity contribution in [2.24, 2.45) is 7.05 Å². The van der Waals surface area contributed by atoms with Crippen molar-refractivity contribution in [1.82, 2.24) is 30.5 Å². The molecule has 6 nitrogen and oxygen atoms in total. The van der Waals surface area contributed by atoms with Crippen molar-refractivity contribution in [3.8, 4) is 0 Å². The molecule has 0 saturated heterocycles. The topological polar surface area (TPSA) is 71.4 Å². The molecular weight excluding hydrogens is 288 g/mol. The molecule has 0 aromatic carbocycles. The minimum atomic E-state index is 0.493. The minimum absolute atomic E-state index is 0.493. The lowest BCUT2D eigenvalue weighted by Gasteiger charge is -2.23. The molecule has 23 heavy (non-hydrogen) atoms. The lowest BCUT2D eigenvalue weighted by molar-refractivity contribution is 0.424. The van der Waals surface area contributed by atoms with Gasteiger partial charge in [-0.3, -0.25) is 4.68 Å². The number of aromatic amines is 1. The first-order chi connectivity index (χ1) is 11.3. The molecule has 2 aliphatic rings. The largest absolute Gasteiger partial charge is 0.309 e. The van der Waals surface area contributed by atoms with Crippen molar-refractivity contribution in [3.63, 3.8) is 0 Å². The van der Waals surface area contributed by atoms with E-state index in [2.05, 4.69) is 26.9 Å². The standard InChI is InChI=1S/C17H26N6/c1-23-11-13(17(21-23)12-5-3-2-4-6-12)10-18-14-7-8-15-16(9-14)20-22-19-15/h11-12,14,18H,2-10H2,1H3,(H,19,20,22). The van der Waals surface area contributed by atoms with Gasteiger partial charge < -0.3 is 5.32 Å². The van der Waals surface area contributed by atoms with Crippen LogP contribution in [0.25, 0.3) is 0 Å². The molecule has 6 heteroatoms. The van der Waals surface area contributed by atoms with E-state index in [9.17, 15) is 0 Å². The molecule has 0 spiro atoms. The summed E-state index contributed by atoms with van der Waals surface area (Å²) in [6, 6.07) is 0.493. The van der Waals surface area contributed by atoms with E-state index in [1.54, 1.807) is 0 Å². The molecule has 1 atom stereocenters. The second-order valence-electron chi connectivity index (χ2n) is 7.09. The zero-order valence-corrected chi connectivity index (χ0v) is 13.9. The van der Waals surface area contributed by atoms with Gasteiger partial charge in [0, 0.05) is 43.7 Å². The van der Waals surface area contributed by atoms with Crippen LogP contribution >= 0.6 is 0 Å². The molecule has 2 aliphatic carbocycles. The molecular formula is C17H26N6. The maximum atomic E-state index is 4.78. The second kappa shape index (κ2) is 6.43. The summed E-state index contributed by atoms with van der Waals surface area (Å²) in [5.41, 5.74) is 4.99. The van der Waals surface area contributed by atoms with Crippen LogP contribution in [-0.2, 0) is 26.4 Å². The van der Waals surface area contributed by atoms with Crippen LogP contribution in [0.4, 0.5) is 0 Å². The van der Waals surface area contributed by atoms with E-state index < -0.39 is 0 Å². The van der Waals surface area contributed by atoms with Crippen molar-refractivity contribution >= 4 is 0 Å². The van der Waals surface area contributed by atoms with E-state index in [4.69, 9.17) is 5.10 Å². The highest BCUT2D eigenvalue weighted by Crippen LogP contribution is 2.33. The Hall–Kier alpha value is -1.69. The van der Waals surface area contributed by atoms with Crippen molar-refractivity contribution < 1.29 is 0 Å². The summed E-state index contributed by atoms with van der Waals surface area (Å²) >= 11 is 0. The van der Waals surface area contributed by atoms with Gasteiger partial charge in [0.15, 0.2) is 0 Å². The first-order valence-corrected chi connectivity index (χ1v) is 8.94. The third-order valence-corrected chi connectivity index (χ3v) is 5.38. The van der Waals surface area contributed by atoms with Crippen LogP contribution in [0.2, 0.25) is 0 Å². The zero-order chi connectivity index (χ0) is 15.6. The monoisotopic (exact) mass is 314 g/mol. The molecule has 124 valence electrons. The molecule has 2 N–H and O–H groups in total.